The van der Waals surface area contributed by atoms with Gasteiger partial charge in [-0.15, -0.1) is 0 Å². The molecule has 0 bridgehead atoms. The molecule has 0 aliphatic heterocycles. The Hall–Kier alpha value is -2.40. The largest absolute Gasteiger partial charge is 0.352 e. The molecule has 0 saturated carbocycles. The van der Waals surface area contributed by atoms with E-state index in [2.05, 4.69) is 27.3 Å². The second-order valence-corrected chi connectivity index (χ2v) is 6.41. The summed E-state index contributed by atoms with van der Waals surface area (Å²) < 4.78 is 13.9. The Balaban J connectivity index is 1.98. The summed E-state index contributed by atoms with van der Waals surface area (Å²) >= 11 is 0. The zero-order valence-corrected chi connectivity index (χ0v) is 15.5. The fourth-order valence-corrected chi connectivity index (χ4v) is 2.70. The van der Waals surface area contributed by atoms with E-state index in [1.807, 2.05) is 56.4 Å². The van der Waals surface area contributed by atoms with Crippen molar-refractivity contribution < 1.29 is 4.39 Å². The first-order valence-corrected chi connectivity index (χ1v) is 8.37. The van der Waals surface area contributed by atoms with Crippen LogP contribution < -0.4 is 5.32 Å². The van der Waals surface area contributed by atoms with Crippen molar-refractivity contribution >= 4 is 5.96 Å². The minimum Gasteiger partial charge on any atom is -0.352 e. The fraction of sp³-hybridized carbons (Fsp3) is 0.350. The standard InChI is InChI=1S/C20H27FN4/c1-22-20(25(4)14-16-8-6-5-7-9-16)23-13-17-10-11-19(21)18(12-17)15-24(2)3/h5-12H,13-15H2,1-4H3,(H,22,23). The van der Waals surface area contributed by atoms with Gasteiger partial charge in [0.15, 0.2) is 5.96 Å². The maximum Gasteiger partial charge on any atom is 0.193 e. The highest BCUT2D eigenvalue weighted by Gasteiger charge is 2.08. The Bertz CT molecular complexity index is 698. The third kappa shape index (κ3) is 5.87. The molecule has 0 spiro atoms. The van der Waals surface area contributed by atoms with Gasteiger partial charge in [0.1, 0.15) is 5.82 Å². The van der Waals surface area contributed by atoms with E-state index in [0.717, 1.165) is 18.1 Å². The first-order chi connectivity index (χ1) is 12.0. The quantitative estimate of drug-likeness (QED) is 0.646. The van der Waals surface area contributed by atoms with Crippen LogP contribution in [0.1, 0.15) is 16.7 Å². The van der Waals surface area contributed by atoms with Crippen LogP contribution >= 0.6 is 0 Å². The number of nitrogens with one attached hydrogen (secondary N) is 1. The van der Waals surface area contributed by atoms with E-state index in [-0.39, 0.29) is 5.82 Å². The number of benzene rings is 2. The van der Waals surface area contributed by atoms with Gasteiger partial charge in [-0.05, 0) is 37.4 Å². The average Bonchev–Trinajstić information content (AvgIpc) is 2.58. The predicted octanol–water partition coefficient (Wildman–Crippen LogP) is 3.09. The van der Waals surface area contributed by atoms with Gasteiger partial charge in [0.25, 0.3) is 0 Å². The zero-order chi connectivity index (χ0) is 18.2. The molecule has 134 valence electrons. The number of rotatable bonds is 6. The van der Waals surface area contributed by atoms with Crippen LogP contribution in [0.3, 0.4) is 0 Å². The second kappa shape index (κ2) is 9.18. The Kier molecular flexibility index (Phi) is 6.95. The molecule has 0 fully saturated rings. The molecule has 0 aromatic heterocycles. The molecule has 2 aromatic rings. The molecule has 0 amide bonds. The van der Waals surface area contributed by atoms with E-state index < -0.39 is 0 Å². The summed E-state index contributed by atoms with van der Waals surface area (Å²) in [5.41, 5.74) is 2.97. The molecular formula is C20H27FN4. The van der Waals surface area contributed by atoms with Crippen molar-refractivity contribution in [2.24, 2.45) is 4.99 Å². The molecule has 0 atom stereocenters. The van der Waals surface area contributed by atoms with Gasteiger partial charge in [-0.25, -0.2) is 4.39 Å². The van der Waals surface area contributed by atoms with Gasteiger partial charge in [-0.2, -0.15) is 0 Å². The molecule has 0 aliphatic rings. The lowest BCUT2D eigenvalue weighted by Crippen LogP contribution is -2.38. The molecule has 0 aliphatic carbocycles. The summed E-state index contributed by atoms with van der Waals surface area (Å²) in [7, 11) is 7.64. The smallest absolute Gasteiger partial charge is 0.193 e. The van der Waals surface area contributed by atoms with Gasteiger partial charge in [0, 0.05) is 39.3 Å². The van der Waals surface area contributed by atoms with Crippen molar-refractivity contribution in [2.75, 3.05) is 28.2 Å². The number of halogens is 1. The monoisotopic (exact) mass is 342 g/mol. The Morgan fingerprint density at radius 1 is 1.00 bits per heavy atom. The van der Waals surface area contributed by atoms with Crippen LogP contribution in [-0.2, 0) is 19.6 Å². The number of nitrogens with zero attached hydrogens (tertiary/aromatic N) is 3. The molecule has 4 nitrogen and oxygen atoms in total. The lowest BCUT2D eigenvalue weighted by atomic mass is 10.1. The van der Waals surface area contributed by atoms with E-state index in [1.165, 1.54) is 11.6 Å². The van der Waals surface area contributed by atoms with Gasteiger partial charge < -0.3 is 15.1 Å². The molecule has 0 heterocycles. The highest BCUT2D eigenvalue weighted by Crippen LogP contribution is 2.12. The molecule has 0 radical (unpaired) electrons. The van der Waals surface area contributed by atoms with Crippen molar-refractivity contribution in [2.45, 2.75) is 19.6 Å². The summed E-state index contributed by atoms with van der Waals surface area (Å²) in [4.78, 5) is 8.37. The molecule has 1 N–H and O–H groups in total. The van der Waals surface area contributed by atoms with Crippen LogP contribution in [0.25, 0.3) is 0 Å². The highest BCUT2D eigenvalue weighted by molar-refractivity contribution is 5.79. The summed E-state index contributed by atoms with van der Waals surface area (Å²) in [6, 6.07) is 15.5. The van der Waals surface area contributed by atoms with Gasteiger partial charge in [0.2, 0.25) is 0 Å². The summed E-state index contributed by atoms with van der Waals surface area (Å²) in [5, 5.41) is 3.35. The van der Waals surface area contributed by atoms with Gasteiger partial charge in [-0.3, -0.25) is 4.99 Å². The summed E-state index contributed by atoms with van der Waals surface area (Å²) in [5.74, 6) is 0.644. The van der Waals surface area contributed by atoms with E-state index in [1.54, 1.807) is 7.05 Å². The van der Waals surface area contributed by atoms with Crippen LogP contribution in [0.5, 0.6) is 0 Å². The predicted molar refractivity (Wildman–Crippen MR) is 102 cm³/mol. The van der Waals surface area contributed by atoms with Crippen LogP contribution in [0.15, 0.2) is 53.5 Å². The van der Waals surface area contributed by atoms with Crippen molar-refractivity contribution in [3.8, 4) is 0 Å². The highest BCUT2D eigenvalue weighted by atomic mass is 19.1. The van der Waals surface area contributed by atoms with Gasteiger partial charge >= 0.3 is 0 Å². The molecule has 0 saturated heterocycles. The van der Waals surface area contributed by atoms with Crippen molar-refractivity contribution in [3.63, 3.8) is 0 Å². The minimum absolute atomic E-state index is 0.164. The van der Waals surface area contributed by atoms with Crippen LogP contribution in [0, 0.1) is 5.82 Å². The topological polar surface area (TPSA) is 30.9 Å². The van der Waals surface area contributed by atoms with Crippen LogP contribution in [0.2, 0.25) is 0 Å². The molecule has 2 rings (SSSR count). The number of guanidine groups is 1. The van der Waals surface area contributed by atoms with E-state index >= 15 is 0 Å². The third-order valence-corrected chi connectivity index (χ3v) is 3.88. The normalized spacial score (nSPS) is 11.7. The number of hydrogen-bond donors (Lipinski definition) is 1. The number of aliphatic imine (C=N–C) groups is 1. The molecule has 0 unspecified atom stereocenters. The average molecular weight is 342 g/mol. The Labute approximate surface area is 150 Å². The lowest BCUT2D eigenvalue weighted by molar-refractivity contribution is 0.392. The lowest BCUT2D eigenvalue weighted by Gasteiger charge is -2.22. The maximum absolute atomic E-state index is 13.9. The zero-order valence-electron chi connectivity index (χ0n) is 15.5. The third-order valence-electron chi connectivity index (χ3n) is 3.88. The van der Waals surface area contributed by atoms with Crippen molar-refractivity contribution in [3.05, 3.63) is 71.0 Å². The molecule has 2 aromatic carbocycles. The first-order valence-electron chi connectivity index (χ1n) is 8.37. The van der Waals surface area contributed by atoms with Gasteiger partial charge in [-0.1, -0.05) is 36.4 Å². The van der Waals surface area contributed by atoms with Crippen LogP contribution in [0.4, 0.5) is 4.39 Å². The molecule has 5 heteroatoms. The van der Waals surface area contributed by atoms with Crippen molar-refractivity contribution in [1.29, 1.82) is 0 Å². The Morgan fingerprint density at radius 3 is 2.36 bits per heavy atom. The fourth-order valence-electron chi connectivity index (χ4n) is 2.70. The minimum atomic E-state index is -0.164. The van der Waals surface area contributed by atoms with E-state index in [9.17, 15) is 4.39 Å². The first kappa shape index (κ1) is 18.9. The maximum atomic E-state index is 13.9. The number of hydrogen-bond acceptors (Lipinski definition) is 2. The van der Waals surface area contributed by atoms with Crippen molar-refractivity contribution in [1.82, 2.24) is 15.1 Å². The summed E-state index contributed by atoms with van der Waals surface area (Å²) in [6.07, 6.45) is 0. The second-order valence-electron chi connectivity index (χ2n) is 6.41. The van der Waals surface area contributed by atoms with Gasteiger partial charge in [0.05, 0.1) is 0 Å². The Morgan fingerprint density at radius 2 is 1.72 bits per heavy atom. The van der Waals surface area contributed by atoms with E-state index in [4.69, 9.17) is 0 Å². The molecular weight excluding hydrogens is 315 g/mol. The molecule has 25 heavy (non-hydrogen) atoms. The van der Waals surface area contributed by atoms with Crippen LogP contribution in [-0.4, -0.2) is 44.0 Å². The summed E-state index contributed by atoms with van der Waals surface area (Å²) in [6.45, 7) is 1.96. The van der Waals surface area contributed by atoms with E-state index in [0.29, 0.717) is 18.7 Å². The SMILES string of the molecule is CN=C(NCc1ccc(F)c(CN(C)C)c1)N(C)Cc1ccccc1.